The van der Waals surface area contributed by atoms with Crippen molar-refractivity contribution in [3.05, 3.63) is 35.0 Å². The molecule has 6 heteroatoms. The molecule has 0 amide bonds. The minimum Gasteiger partial charge on any atom is -0.478 e. The van der Waals surface area contributed by atoms with Crippen LogP contribution in [0.3, 0.4) is 0 Å². The third-order valence-electron chi connectivity index (χ3n) is 2.71. The number of rotatable bonds is 4. The summed E-state index contributed by atoms with van der Waals surface area (Å²) in [5.41, 5.74) is 1.32. The lowest BCUT2D eigenvalue weighted by Gasteiger charge is -1.99. The van der Waals surface area contributed by atoms with Crippen LogP contribution in [0.4, 0.5) is 0 Å². The summed E-state index contributed by atoms with van der Waals surface area (Å²) in [5.74, 6) is -1.86. The van der Waals surface area contributed by atoms with Crippen molar-refractivity contribution in [3.63, 3.8) is 0 Å². The van der Waals surface area contributed by atoms with Crippen molar-refractivity contribution in [1.82, 2.24) is 4.98 Å². The van der Waals surface area contributed by atoms with E-state index in [0.29, 0.717) is 22.9 Å². The number of H-pyrrole nitrogens is 1. The highest BCUT2D eigenvalue weighted by Crippen LogP contribution is 2.25. The highest BCUT2D eigenvalue weighted by molar-refractivity contribution is 6.18. The molecule has 18 heavy (non-hydrogen) atoms. The number of alkyl halides is 1. The molecular weight excluding hydrogens is 258 g/mol. The SMILES string of the molecule is O=C(O)c1ccc2[nH]c(C(=O)O)c(CCCl)c2c1. The van der Waals surface area contributed by atoms with E-state index in [9.17, 15) is 9.59 Å². The molecule has 3 N–H and O–H groups in total. The smallest absolute Gasteiger partial charge is 0.352 e. The summed E-state index contributed by atoms with van der Waals surface area (Å²) in [4.78, 5) is 24.8. The average Bonchev–Trinajstić information content (AvgIpc) is 2.68. The molecule has 2 rings (SSSR count). The Bertz CT molecular complexity index is 632. The van der Waals surface area contributed by atoms with Gasteiger partial charge in [-0.15, -0.1) is 11.6 Å². The van der Waals surface area contributed by atoms with Gasteiger partial charge in [-0.25, -0.2) is 9.59 Å². The second-order valence-corrected chi connectivity index (χ2v) is 4.17. The summed E-state index contributed by atoms with van der Waals surface area (Å²) in [6, 6.07) is 4.45. The third kappa shape index (κ3) is 2.04. The molecule has 0 radical (unpaired) electrons. The minimum atomic E-state index is -1.08. The number of halogens is 1. The van der Waals surface area contributed by atoms with Crippen molar-refractivity contribution in [2.45, 2.75) is 6.42 Å². The lowest BCUT2D eigenvalue weighted by molar-refractivity contribution is 0.0682. The van der Waals surface area contributed by atoms with Gasteiger partial charge in [0.25, 0.3) is 0 Å². The number of aromatic nitrogens is 1. The van der Waals surface area contributed by atoms with Gasteiger partial charge >= 0.3 is 11.9 Å². The second-order valence-electron chi connectivity index (χ2n) is 3.79. The molecule has 0 unspecified atom stereocenters. The lowest BCUT2D eigenvalue weighted by Crippen LogP contribution is -2.02. The molecule has 2 aromatic rings. The van der Waals surface area contributed by atoms with Crippen molar-refractivity contribution in [1.29, 1.82) is 0 Å². The van der Waals surface area contributed by atoms with Crippen LogP contribution in [-0.4, -0.2) is 33.0 Å². The molecule has 1 aromatic carbocycles. The molecule has 94 valence electrons. The fourth-order valence-electron chi connectivity index (χ4n) is 1.92. The topological polar surface area (TPSA) is 90.4 Å². The quantitative estimate of drug-likeness (QED) is 0.742. The van der Waals surface area contributed by atoms with Crippen LogP contribution in [0.15, 0.2) is 18.2 Å². The Morgan fingerprint density at radius 1 is 1.22 bits per heavy atom. The van der Waals surface area contributed by atoms with Gasteiger partial charge in [-0.2, -0.15) is 0 Å². The predicted octanol–water partition coefficient (Wildman–Crippen LogP) is 2.35. The van der Waals surface area contributed by atoms with Gasteiger partial charge in [0.2, 0.25) is 0 Å². The molecule has 0 spiro atoms. The molecule has 0 bridgehead atoms. The van der Waals surface area contributed by atoms with E-state index in [2.05, 4.69) is 4.98 Å². The Balaban J connectivity index is 2.71. The highest BCUT2D eigenvalue weighted by atomic mass is 35.5. The van der Waals surface area contributed by atoms with E-state index < -0.39 is 11.9 Å². The summed E-state index contributed by atoms with van der Waals surface area (Å²) in [6.07, 6.45) is 0.367. The predicted molar refractivity (Wildman–Crippen MR) is 66.6 cm³/mol. The number of hydrogen-bond acceptors (Lipinski definition) is 2. The van der Waals surface area contributed by atoms with Crippen molar-refractivity contribution in [3.8, 4) is 0 Å². The minimum absolute atomic E-state index is 0.0631. The molecule has 1 aromatic heterocycles. The molecule has 0 saturated carbocycles. The van der Waals surface area contributed by atoms with Gasteiger partial charge in [-0.3, -0.25) is 0 Å². The van der Waals surface area contributed by atoms with Gasteiger partial charge in [0.1, 0.15) is 5.69 Å². The van der Waals surface area contributed by atoms with Gasteiger partial charge in [0.05, 0.1) is 5.56 Å². The zero-order valence-electron chi connectivity index (χ0n) is 9.24. The average molecular weight is 268 g/mol. The fourth-order valence-corrected chi connectivity index (χ4v) is 2.11. The van der Waals surface area contributed by atoms with Crippen LogP contribution in [0.2, 0.25) is 0 Å². The number of carbonyl (C=O) groups is 2. The van der Waals surface area contributed by atoms with E-state index in [1.165, 1.54) is 12.1 Å². The second kappa shape index (κ2) is 4.70. The number of benzene rings is 1. The van der Waals surface area contributed by atoms with Gasteiger partial charge in [0, 0.05) is 16.8 Å². The number of aromatic amines is 1. The van der Waals surface area contributed by atoms with E-state index in [0.717, 1.165) is 0 Å². The number of carboxylic acids is 2. The summed E-state index contributed by atoms with van der Waals surface area (Å²) >= 11 is 5.65. The number of fused-ring (bicyclic) bond motifs is 1. The third-order valence-corrected chi connectivity index (χ3v) is 2.90. The monoisotopic (exact) mass is 267 g/mol. The van der Waals surface area contributed by atoms with Crippen LogP contribution in [0.25, 0.3) is 10.9 Å². The molecule has 0 atom stereocenters. The number of aromatic carboxylic acids is 2. The summed E-state index contributed by atoms with van der Waals surface area (Å²) in [5, 5.41) is 18.6. The summed E-state index contributed by atoms with van der Waals surface area (Å²) < 4.78 is 0. The first kappa shape index (κ1) is 12.4. The number of carboxylic acid groups (broad SMARTS) is 2. The van der Waals surface area contributed by atoms with Crippen molar-refractivity contribution >= 4 is 34.4 Å². The molecule has 0 saturated heterocycles. The maximum atomic E-state index is 11.1. The summed E-state index contributed by atoms with van der Waals surface area (Å²) in [7, 11) is 0. The molecule has 5 nitrogen and oxygen atoms in total. The van der Waals surface area contributed by atoms with Crippen LogP contribution in [0, 0.1) is 0 Å². The maximum Gasteiger partial charge on any atom is 0.352 e. The Hall–Kier alpha value is -2.01. The van der Waals surface area contributed by atoms with Crippen LogP contribution >= 0.6 is 11.6 Å². The number of aryl methyl sites for hydroxylation is 1. The van der Waals surface area contributed by atoms with Crippen molar-refractivity contribution in [2.75, 3.05) is 5.88 Å². The van der Waals surface area contributed by atoms with Crippen LogP contribution in [0.5, 0.6) is 0 Å². The van der Waals surface area contributed by atoms with Crippen molar-refractivity contribution in [2.24, 2.45) is 0 Å². The molecule has 1 heterocycles. The van der Waals surface area contributed by atoms with Crippen LogP contribution in [-0.2, 0) is 6.42 Å². The number of hydrogen-bond donors (Lipinski definition) is 3. The molecule has 0 fully saturated rings. The zero-order valence-corrected chi connectivity index (χ0v) is 9.99. The first-order valence-corrected chi connectivity index (χ1v) is 5.75. The maximum absolute atomic E-state index is 11.1. The number of nitrogens with one attached hydrogen (secondary N) is 1. The molecule has 0 aliphatic heterocycles. The van der Waals surface area contributed by atoms with E-state index in [1.54, 1.807) is 6.07 Å². The van der Waals surface area contributed by atoms with Crippen molar-refractivity contribution < 1.29 is 19.8 Å². The Morgan fingerprint density at radius 2 is 1.94 bits per heavy atom. The van der Waals surface area contributed by atoms with Gasteiger partial charge in [-0.1, -0.05) is 0 Å². The lowest BCUT2D eigenvalue weighted by atomic mass is 10.1. The molecule has 0 aliphatic carbocycles. The van der Waals surface area contributed by atoms with Gasteiger partial charge in [0.15, 0.2) is 0 Å². The van der Waals surface area contributed by atoms with E-state index in [-0.39, 0.29) is 17.1 Å². The van der Waals surface area contributed by atoms with E-state index >= 15 is 0 Å². The first-order chi connectivity index (χ1) is 8.54. The normalized spacial score (nSPS) is 10.7. The summed E-state index contributed by atoms with van der Waals surface area (Å²) in [6.45, 7) is 0. The Labute approximate surface area is 107 Å². The standard InChI is InChI=1S/C12H10ClNO4/c13-4-3-7-8-5-6(11(15)16)1-2-9(8)14-10(7)12(17)18/h1-2,5,14H,3-4H2,(H,15,16)(H,17,18). The largest absolute Gasteiger partial charge is 0.478 e. The first-order valence-electron chi connectivity index (χ1n) is 5.21. The Kier molecular flexibility index (Phi) is 3.25. The molecular formula is C12H10ClNO4. The van der Waals surface area contributed by atoms with Gasteiger partial charge < -0.3 is 15.2 Å². The Morgan fingerprint density at radius 3 is 2.50 bits per heavy atom. The van der Waals surface area contributed by atoms with Crippen LogP contribution < -0.4 is 0 Å². The molecule has 0 aliphatic rings. The van der Waals surface area contributed by atoms with Crippen LogP contribution in [0.1, 0.15) is 26.4 Å². The van der Waals surface area contributed by atoms with E-state index in [1.807, 2.05) is 0 Å². The zero-order chi connectivity index (χ0) is 13.3. The fraction of sp³-hybridized carbons (Fsp3) is 0.167. The van der Waals surface area contributed by atoms with Gasteiger partial charge in [-0.05, 0) is 30.2 Å². The highest BCUT2D eigenvalue weighted by Gasteiger charge is 2.17. The van der Waals surface area contributed by atoms with E-state index in [4.69, 9.17) is 21.8 Å².